The van der Waals surface area contributed by atoms with Crippen LogP contribution in [0.3, 0.4) is 0 Å². The Kier molecular flexibility index (Phi) is 4.42. The molecule has 2 heterocycles. The summed E-state index contributed by atoms with van der Waals surface area (Å²) in [6, 6.07) is 3.91. The zero-order chi connectivity index (χ0) is 12.3. The Morgan fingerprint density at radius 3 is 2.94 bits per heavy atom. The molecule has 17 heavy (non-hydrogen) atoms. The van der Waals surface area contributed by atoms with Crippen molar-refractivity contribution in [2.45, 2.75) is 13.3 Å². The van der Waals surface area contributed by atoms with Gasteiger partial charge in [0.15, 0.2) is 0 Å². The van der Waals surface area contributed by atoms with Gasteiger partial charge in [-0.3, -0.25) is 4.79 Å². The van der Waals surface area contributed by atoms with E-state index in [-0.39, 0.29) is 11.8 Å². The lowest BCUT2D eigenvalue weighted by atomic mass is 9.88. The van der Waals surface area contributed by atoms with Gasteiger partial charge in [-0.25, -0.2) is 0 Å². The highest BCUT2D eigenvalue weighted by Gasteiger charge is 2.28. The molecule has 1 fully saturated rings. The van der Waals surface area contributed by atoms with Gasteiger partial charge in [0.05, 0.1) is 4.34 Å². The summed E-state index contributed by atoms with van der Waals surface area (Å²) in [4.78, 5) is 13.0. The molecular formula is C12H17ClN2OS. The molecule has 1 aliphatic rings. The fraction of sp³-hybridized carbons (Fsp3) is 0.583. The number of carbonyl (C=O) groups excluding carboxylic acids is 1. The summed E-state index contributed by atoms with van der Waals surface area (Å²) in [5.41, 5.74) is 0. The molecule has 0 saturated carbocycles. The third-order valence-corrected chi connectivity index (χ3v) is 4.52. The Bertz CT molecular complexity index is 390. The van der Waals surface area contributed by atoms with Crippen LogP contribution in [-0.4, -0.2) is 25.5 Å². The van der Waals surface area contributed by atoms with Gasteiger partial charge in [-0.15, -0.1) is 11.3 Å². The summed E-state index contributed by atoms with van der Waals surface area (Å²) in [5.74, 6) is 0.786. The van der Waals surface area contributed by atoms with E-state index in [0.29, 0.717) is 12.5 Å². The minimum absolute atomic E-state index is 0.114. The van der Waals surface area contributed by atoms with Crippen LogP contribution in [0.15, 0.2) is 12.1 Å². The molecular weight excluding hydrogens is 256 g/mol. The molecule has 0 spiro atoms. The normalized spacial score (nSPS) is 17.5. The number of rotatable bonds is 5. The van der Waals surface area contributed by atoms with Gasteiger partial charge in [-0.2, -0.15) is 0 Å². The van der Waals surface area contributed by atoms with Crippen LogP contribution in [0.1, 0.15) is 11.8 Å². The van der Waals surface area contributed by atoms with Crippen LogP contribution in [0.2, 0.25) is 4.34 Å². The first-order valence-electron chi connectivity index (χ1n) is 5.89. The van der Waals surface area contributed by atoms with Crippen molar-refractivity contribution in [2.24, 2.45) is 11.8 Å². The largest absolute Gasteiger partial charge is 0.355 e. The van der Waals surface area contributed by atoms with E-state index in [1.165, 1.54) is 4.88 Å². The van der Waals surface area contributed by atoms with E-state index < -0.39 is 0 Å². The van der Waals surface area contributed by atoms with Crippen LogP contribution in [-0.2, 0) is 11.2 Å². The van der Waals surface area contributed by atoms with Gasteiger partial charge >= 0.3 is 0 Å². The number of nitrogens with one attached hydrogen (secondary N) is 2. The van der Waals surface area contributed by atoms with Crippen LogP contribution in [0.5, 0.6) is 0 Å². The second-order valence-corrected chi connectivity index (χ2v) is 6.25. The van der Waals surface area contributed by atoms with E-state index in [0.717, 1.165) is 23.8 Å². The quantitative estimate of drug-likeness (QED) is 0.860. The molecule has 0 aliphatic carbocycles. The van der Waals surface area contributed by atoms with E-state index >= 15 is 0 Å². The lowest BCUT2D eigenvalue weighted by Gasteiger charge is -2.31. The molecule has 1 amide bonds. The first kappa shape index (κ1) is 12.9. The Morgan fingerprint density at radius 1 is 1.65 bits per heavy atom. The van der Waals surface area contributed by atoms with Crippen molar-refractivity contribution < 1.29 is 4.79 Å². The molecule has 1 aromatic heterocycles. The van der Waals surface area contributed by atoms with Gasteiger partial charge in [0.25, 0.3) is 0 Å². The summed E-state index contributed by atoms with van der Waals surface area (Å²) in [7, 11) is 0. The smallest absolute Gasteiger partial charge is 0.223 e. The van der Waals surface area contributed by atoms with Crippen molar-refractivity contribution in [3.63, 3.8) is 0 Å². The lowest BCUT2D eigenvalue weighted by Crippen LogP contribution is -2.49. The van der Waals surface area contributed by atoms with Crippen LogP contribution < -0.4 is 10.6 Å². The number of carbonyl (C=O) groups is 1. The highest BCUT2D eigenvalue weighted by molar-refractivity contribution is 7.16. The Balaban J connectivity index is 1.69. The number of halogens is 1. The maximum atomic E-state index is 11.8. The summed E-state index contributed by atoms with van der Waals surface area (Å²) < 4.78 is 0.806. The van der Waals surface area contributed by atoms with Gasteiger partial charge in [-0.1, -0.05) is 18.5 Å². The number of amides is 1. The highest BCUT2D eigenvalue weighted by Crippen LogP contribution is 2.21. The van der Waals surface area contributed by atoms with E-state index in [2.05, 4.69) is 10.6 Å². The van der Waals surface area contributed by atoms with E-state index in [1.807, 2.05) is 19.1 Å². The molecule has 0 radical (unpaired) electrons. The minimum atomic E-state index is 0.114. The maximum absolute atomic E-state index is 11.8. The van der Waals surface area contributed by atoms with Gasteiger partial charge in [-0.05, 0) is 37.6 Å². The van der Waals surface area contributed by atoms with E-state index in [4.69, 9.17) is 11.6 Å². The summed E-state index contributed by atoms with van der Waals surface area (Å²) in [5, 5.41) is 6.17. The summed E-state index contributed by atoms with van der Waals surface area (Å²) in [6.45, 7) is 4.63. The van der Waals surface area contributed by atoms with Gasteiger partial charge < -0.3 is 10.6 Å². The highest BCUT2D eigenvalue weighted by atomic mass is 35.5. The number of thiophene rings is 1. The molecule has 2 N–H and O–H groups in total. The molecule has 1 atom stereocenters. The molecule has 1 unspecified atom stereocenters. The average molecular weight is 273 g/mol. The van der Waals surface area contributed by atoms with Crippen molar-refractivity contribution >= 4 is 28.8 Å². The minimum Gasteiger partial charge on any atom is -0.355 e. The molecule has 1 saturated heterocycles. The van der Waals surface area contributed by atoms with Gasteiger partial charge in [0.2, 0.25) is 5.91 Å². The Hall–Kier alpha value is -0.580. The third-order valence-electron chi connectivity index (χ3n) is 3.23. The first-order valence-corrected chi connectivity index (χ1v) is 7.09. The van der Waals surface area contributed by atoms with Crippen molar-refractivity contribution in [1.29, 1.82) is 0 Å². The van der Waals surface area contributed by atoms with Crippen LogP contribution >= 0.6 is 22.9 Å². The number of hydrogen-bond donors (Lipinski definition) is 2. The average Bonchev–Trinajstić information content (AvgIpc) is 2.61. The van der Waals surface area contributed by atoms with Crippen LogP contribution in [0.4, 0.5) is 0 Å². The van der Waals surface area contributed by atoms with Crippen LogP contribution in [0.25, 0.3) is 0 Å². The zero-order valence-corrected chi connectivity index (χ0v) is 11.4. The lowest BCUT2D eigenvalue weighted by molar-refractivity contribution is -0.126. The van der Waals surface area contributed by atoms with Crippen LogP contribution in [0, 0.1) is 11.8 Å². The van der Waals surface area contributed by atoms with Crippen molar-refractivity contribution in [1.82, 2.24) is 10.6 Å². The summed E-state index contributed by atoms with van der Waals surface area (Å²) in [6.07, 6.45) is 0.860. The standard InChI is InChI=1S/C12H17ClN2OS/c1-8(9-6-14-7-9)12(16)15-5-4-10-2-3-11(13)17-10/h2-3,8-9,14H,4-7H2,1H3,(H,15,16). The SMILES string of the molecule is CC(C(=O)NCCc1ccc(Cl)s1)C1CNC1. The first-order chi connectivity index (χ1) is 8.16. The van der Waals surface area contributed by atoms with Gasteiger partial charge in [0, 0.05) is 17.3 Å². The predicted octanol–water partition coefficient (Wildman–Crippen LogP) is 1.92. The Labute approximate surface area is 111 Å². The van der Waals surface area contributed by atoms with Crippen molar-refractivity contribution in [3.05, 3.63) is 21.3 Å². The van der Waals surface area contributed by atoms with Crippen molar-refractivity contribution in [2.75, 3.05) is 19.6 Å². The molecule has 1 aliphatic heterocycles. The third kappa shape index (κ3) is 3.44. The molecule has 3 nitrogen and oxygen atoms in total. The number of hydrogen-bond acceptors (Lipinski definition) is 3. The monoisotopic (exact) mass is 272 g/mol. The second-order valence-electron chi connectivity index (χ2n) is 4.45. The molecule has 94 valence electrons. The van der Waals surface area contributed by atoms with Gasteiger partial charge in [0.1, 0.15) is 0 Å². The Morgan fingerprint density at radius 2 is 2.41 bits per heavy atom. The molecule has 1 aromatic rings. The molecule has 5 heteroatoms. The molecule has 2 rings (SSSR count). The fourth-order valence-corrected chi connectivity index (χ4v) is 2.92. The van der Waals surface area contributed by atoms with Crippen molar-refractivity contribution in [3.8, 4) is 0 Å². The van der Waals surface area contributed by atoms with E-state index in [1.54, 1.807) is 11.3 Å². The molecule has 0 aromatic carbocycles. The predicted molar refractivity (Wildman–Crippen MR) is 71.6 cm³/mol. The molecule has 0 bridgehead atoms. The topological polar surface area (TPSA) is 41.1 Å². The maximum Gasteiger partial charge on any atom is 0.223 e. The van der Waals surface area contributed by atoms with E-state index in [9.17, 15) is 4.79 Å². The second kappa shape index (κ2) is 5.85. The summed E-state index contributed by atoms with van der Waals surface area (Å²) >= 11 is 7.42. The zero-order valence-electron chi connectivity index (χ0n) is 9.83. The fourth-order valence-electron chi connectivity index (χ4n) is 1.83.